The number of hydrogen-bond donors (Lipinski definition) is 0. The highest BCUT2D eigenvalue weighted by Crippen LogP contribution is 2.24. The number of rotatable bonds is 11. The molecule has 0 aliphatic rings. The van der Waals surface area contributed by atoms with Crippen LogP contribution in [0.15, 0.2) is 70.9 Å². The van der Waals surface area contributed by atoms with Gasteiger partial charge in [-0.05, 0) is 24.0 Å². The number of benzene rings is 2. The van der Waals surface area contributed by atoms with Crippen molar-refractivity contribution in [1.29, 1.82) is 0 Å². The summed E-state index contributed by atoms with van der Waals surface area (Å²) < 4.78 is 5.08. The number of hydrogen-bond acceptors (Lipinski definition) is 4. The van der Waals surface area contributed by atoms with Gasteiger partial charge in [-0.15, -0.1) is 0 Å². The minimum absolute atomic E-state index is 0.869. The van der Waals surface area contributed by atoms with E-state index in [2.05, 4.69) is 148 Å². The van der Waals surface area contributed by atoms with E-state index in [1.165, 1.54) is 22.6 Å². The van der Waals surface area contributed by atoms with Gasteiger partial charge in [-0.2, -0.15) is 10.2 Å². The second-order valence-corrected chi connectivity index (χ2v) is 33.6. The van der Waals surface area contributed by atoms with Crippen LogP contribution in [-0.4, -0.2) is 53.0 Å². The average molecular weight is 555 g/mol. The highest BCUT2D eigenvalue weighted by molar-refractivity contribution is 6.90. The summed E-state index contributed by atoms with van der Waals surface area (Å²) in [4.78, 5) is 0. The van der Waals surface area contributed by atoms with Gasteiger partial charge in [0.2, 0.25) is 0 Å². The lowest BCUT2D eigenvalue weighted by atomic mass is 10.0. The molecular weight excluding hydrogens is 505 g/mol. The van der Waals surface area contributed by atoms with Gasteiger partial charge in [0, 0.05) is 0 Å². The Morgan fingerprint density at radius 3 is 0.944 bits per heavy atom. The molecule has 0 amide bonds. The molecular formula is C28H50N4Si4. The quantitative estimate of drug-likeness (QED) is 0.158. The first-order valence-corrected chi connectivity index (χ1v) is 27.1. The predicted octanol–water partition coefficient (Wildman–Crippen LogP) is 8.52. The third-order valence-electron chi connectivity index (χ3n) is 5.80. The monoisotopic (exact) mass is 554 g/mol. The van der Waals surface area contributed by atoms with E-state index in [-0.39, 0.29) is 0 Å². The third kappa shape index (κ3) is 8.97. The molecule has 2 aromatic carbocycles. The fourth-order valence-electron chi connectivity index (χ4n) is 4.86. The first-order chi connectivity index (χ1) is 16.4. The lowest BCUT2D eigenvalue weighted by molar-refractivity contribution is 0.658. The standard InChI is InChI=1S/C28H50N4Si4/c1-33(2,3)31(34(4,5)6)29-27(25-19-15-13-16-20-25)23-24-28(26-21-17-14-18-22-26)30-32(35(7,8)9)36(10,11)12/h13-22H,23-24H2,1-12H3/b29-27-,30-28-. The van der Waals surface area contributed by atoms with Gasteiger partial charge in [-0.25, -0.2) is 0 Å². The van der Waals surface area contributed by atoms with E-state index >= 15 is 0 Å². The maximum Gasteiger partial charge on any atom is 0.158 e. The van der Waals surface area contributed by atoms with Crippen molar-refractivity contribution in [3.05, 3.63) is 71.8 Å². The molecule has 0 radical (unpaired) electrons. The molecule has 0 fully saturated rings. The van der Waals surface area contributed by atoms with Crippen LogP contribution in [0.3, 0.4) is 0 Å². The van der Waals surface area contributed by atoms with Crippen LogP contribution < -0.4 is 0 Å². The molecule has 0 unspecified atom stereocenters. The maximum atomic E-state index is 5.45. The largest absolute Gasteiger partial charge is 0.350 e. The highest BCUT2D eigenvalue weighted by Gasteiger charge is 2.35. The molecule has 0 aliphatic heterocycles. The van der Waals surface area contributed by atoms with Crippen LogP contribution in [0.4, 0.5) is 0 Å². The normalized spacial score (nSPS) is 14.1. The summed E-state index contributed by atoms with van der Waals surface area (Å²) in [6, 6.07) is 21.5. The Kier molecular flexibility index (Phi) is 9.94. The summed E-state index contributed by atoms with van der Waals surface area (Å²) >= 11 is 0. The molecule has 0 N–H and O–H groups in total. The van der Waals surface area contributed by atoms with Gasteiger partial charge in [0.05, 0.1) is 11.4 Å². The van der Waals surface area contributed by atoms with Crippen molar-refractivity contribution in [2.45, 2.75) is 91.4 Å². The van der Waals surface area contributed by atoms with Crippen molar-refractivity contribution in [2.75, 3.05) is 0 Å². The molecule has 0 aliphatic carbocycles. The maximum absolute atomic E-state index is 5.45. The lowest BCUT2D eigenvalue weighted by Gasteiger charge is -2.42. The Labute approximate surface area is 225 Å². The summed E-state index contributed by atoms with van der Waals surface area (Å²) in [7, 11) is -6.53. The number of hydrazone groups is 2. The van der Waals surface area contributed by atoms with E-state index in [4.69, 9.17) is 10.2 Å². The molecule has 4 nitrogen and oxygen atoms in total. The van der Waals surface area contributed by atoms with Crippen LogP contribution in [0.2, 0.25) is 78.6 Å². The second kappa shape index (κ2) is 11.7. The molecule has 0 heterocycles. The average Bonchev–Trinajstić information content (AvgIpc) is 2.73. The molecule has 2 aromatic rings. The van der Waals surface area contributed by atoms with Gasteiger partial charge in [0.15, 0.2) is 32.9 Å². The molecule has 0 bridgehead atoms. The zero-order chi connectivity index (χ0) is 27.4. The van der Waals surface area contributed by atoms with Crippen LogP contribution in [0, 0.1) is 0 Å². The molecule has 8 heteroatoms. The van der Waals surface area contributed by atoms with Crippen LogP contribution in [0.1, 0.15) is 24.0 Å². The summed E-state index contributed by atoms with van der Waals surface area (Å²) in [5.74, 6) is 0. The third-order valence-corrected chi connectivity index (χ3v) is 19.3. The van der Waals surface area contributed by atoms with Crippen molar-refractivity contribution < 1.29 is 0 Å². The first kappa shape index (κ1) is 30.5. The molecule has 2 rings (SSSR count). The van der Waals surface area contributed by atoms with E-state index < -0.39 is 32.9 Å². The Bertz CT molecular complexity index is 912. The lowest BCUT2D eigenvalue weighted by Crippen LogP contribution is -2.56. The molecule has 198 valence electrons. The van der Waals surface area contributed by atoms with E-state index in [1.807, 2.05) is 0 Å². The van der Waals surface area contributed by atoms with Gasteiger partial charge in [-0.3, -0.25) is 0 Å². The topological polar surface area (TPSA) is 31.2 Å². The zero-order valence-electron chi connectivity index (χ0n) is 25.0. The SMILES string of the molecule is C[Si](C)(C)N(/N=C(/CC/C(=N/N([Si](C)(C)C)[Si](C)(C)C)c1ccccc1)c1ccccc1)[Si](C)(C)C. The summed E-state index contributed by atoms with van der Waals surface area (Å²) in [5.41, 5.74) is 4.80. The molecule has 0 saturated carbocycles. The van der Waals surface area contributed by atoms with Crippen LogP contribution >= 0.6 is 0 Å². The van der Waals surface area contributed by atoms with Crippen LogP contribution in [-0.2, 0) is 0 Å². The summed E-state index contributed by atoms with van der Waals surface area (Å²) in [5, 5.41) is 10.9. The van der Waals surface area contributed by atoms with E-state index in [0.717, 1.165) is 12.8 Å². The van der Waals surface area contributed by atoms with E-state index in [9.17, 15) is 0 Å². The van der Waals surface area contributed by atoms with E-state index in [1.54, 1.807) is 0 Å². The van der Waals surface area contributed by atoms with Crippen molar-refractivity contribution in [3.63, 3.8) is 0 Å². The molecule has 0 spiro atoms. The van der Waals surface area contributed by atoms with Gasteiger partial charge in [-0.1, -0.05) is 139 Å². The van der Waals surface area contributed by atoms with Crippen molar-refractivity contribution >= 4 is 44.4 Å². The van der Waals surface area contributed by atoms with E-state index in [0.29, 0.717) is 0 Å². The molecule has 36 heavy (non-hydrogen) atoms. The minimum Gasteiger partial charge on any atom is -0.350 e. The predicted molar refractivity (Wildman–Crippen MR) is 172 cm³/mol. The Morgan fingerprint density at radius 1 is 0.472 bits per heavy atom. The molecule has 0 atom stereocenters. The smallest absolute Gasteiger partial charge is 0.158 e. The Balaban J connectivity index is 2.59. The van der Waals surface area contributed by atoms with Crippen LogP contribution in [0.25, 0.3) is 0 Å². The zero-order valence-corrected chi connectivity index (χ0v) is 29.0. The van der Waals surface area contributed by atoms with Gasteiger partial charge < -0.3 is 8.68 Å². The fourth-order valence-corrected chi connectivity index (χ4v) is 22.6. The first-order valence-electron chi connectivity index (χ1n) is 13.3. The second-order valence-electron chi connectivity index (χ2n) is 13.6. The van der Waals surface area contributed by atoms with Crippen molar-refractivity contribution in [3.8, 4) is 0 Å². The Hall–Kier alpha value is -1.75. The van der Waals surface area contributed by atoms with Crippen LogP contribution in [0.5, 0.6) is 0 Å². The summed E-state index contributed by atoms with van der Waals surface area (Å²) in [6.45, 7) is 28.9. The van der Waals surface area contributed by atoms with Gasteiger partial charge >= 0.3 is 0 Å². The molecule has 0 aromatic heterocycles. The molecule has 0 saturated heterocycles. The Morgan fingerprint density at radius 2 is 0.722 bits per heavy atom. The highest BCUT2D eigenvalue weighted by atomic mass is 28.4. The number of nitrogens with zero attached hydrogens (tertiary/aromatic N) is 4. The minimum atomic E-state index is -1.63. The van der Waals surface area contributed by atoms with Crippen molar-refractivity contribution in [2.24, 2.45) is 10.2 Å². The summed E-state index contributed by atoms with van der Waals surface area (Å²) in [6.07, 6.45) is 1.74. The van der Waals surface area contributed by atoms with Gasteiger partial charge in [0.1, 0.15) is 0 Å². The van der Waals surface area contributed by atoms with Crippen molar-refractivity contribution in [1.82, 2.24) is 8.68 Å². The van der Waals surface area contributed by atoms with Gasteiger partial charge in [0.25, 0.3) is 0 Å². The fraction of sp³-hybridized carbons (Fsp3) is 0.500.